The van der Waals surface area contributed by atoms with Crippen LogP contribution in [0, 0.1) is 0 Å². The van der Waals surface area contributed by atoms with E-state index in [1.165, 1.54) is 24.2 Å². The van der Waals surface area contributed by atoms with Crippen molar-refractivity contribution in [2.75, 3.05) is 25.9 Å². The Bertz CT molecular complexity index is 573. The topological polar surface area (TPSA) is 66.5 Å². The quantitative estimate of drug-likeness (QED) is 0.896. The molecular formula is C14H22N2O3S2. The molecule has 1 aromatic heterocycles. The number of sulfonamides is 1. The molecule has 0 bridgehead atoms. The van der Waals surface area contributed by atoms with Crippen molar-refractivity contribution >= 4 is 27.3 Å². The Hall–Kier alpha value is -0.920. The highest BCUT2D eigenvalue weighted by Gasteiger charge is 2.18. The van der Waals surface area contributed by atoms with Gasteiger partial charge in [0.25, 0.3) is 5.91 Å². The maximum Gasteiger partial charge on any atom is 0.263 e. The second kappa shape index (κ2) is 7.38. The molecule has 0 aromatic carbocycles. The Labute approximate surface area is 130 Å². The second-order valence-corrected chi connectivity index (χ2v) is 8.39. The largest absolute Gasteiger partial charge is 0.338 e. The Balaban J connectivity index is 1.90. The average molecular weight is 330 g/mol. The summed E-state index contributed by atoms with van der Waals surface area (Å²) in [6, 6.07) is 3.77. The number of likely N-dealkylation sites (tertiary alicyclic amines) is 1. The minimum absolute atomic E-state index is 0.115. The summed E-state index contributed by atoms with van der Waals surface area (Å²) in [4.78, 5) is 16.2. The van der Waals surface area contributed by atoms with Crippen LogP contribution in [0.3, 0.4) is 0 Å². The van der Waals surface area contributed by atoms with E-state index in [1.807, 2.05) is 17.0 Å². The third-order valence-electron chi connectivity index (χ3n) is 3.50. The lowest BCUT2D eigenvalue weighted by Gasteiger charge is -2.19. The van der Waals surface area contributed by atoms with Gasteiger partial charge in [-0.1, -0.05) is 12.8 Å². The van der Waals surface area contributed by atoms with E-state index < -0.39 is 10.0 Å². The van der Waals surface area contributed by atoms with Crippen molar-refractivity contribution in [1.82, 2.24) is 9.62 Å². The fourth-order valence-corrected chi connectivity index (χ4v) is 3.86. The van der Waals surface area contributed by atoms with Gasteiger partial charge >= 0.3 is 0 Å². The van der Waals surface area contributed by atoms with Crippen molar-refractivity contribution in [3.05, 3.63) is 21.9 Å². The molecule has 5 nitrogen and oxygen atoms in total. The molecule has 1 saturated heterocycles. The summed E-state index contributed by atoms with van der Waals surface area (Å²) in [5.41, 5.74) is 0. The first-order chi connectivity index (χ1) is 9.96. The zero-order chi connectivity index (χ0) is 15.3. The highest BCUT2D eigenvalue weighted by atomic mass is 32.2. The molecule has 0 atom stereocenters. The maximum absolute atomic E-state index is 12.4. The summed E-state index contributed by atoms with van der Waals surface area (Å²) in [5, 5.41) is 0. The monoisotopic (exact) mass is 330 g/mol. The Kier molecular flexibility index (Phi) is 5.78. The molecule has 0 aliphatic carbocycles. The fourth-order valence-electron chi connectivity index (χ4n) is 2.42. The van der Waals surface area contributed by atoms with Gasteiger partial charge in [0, 0.05) is 24.5 Å². The molecule has 0 unspecified atom stereocenters. The number of hydrogen-bond donors (Lipinski definition) is 1. The minimum atomic E-state index is -3.15. The molecule has 0 spiro atoms. The van der Waals surface area contributed by atoms with Crippen molar-refractivity contribution in [2.45, 2.75) is 32.1 Å². The molecule has 1 fully saturated rings. The van der Waals surface area contributed by atoms with E-state index in [2.05, 4.69) is 4.72 Å². The molecule has 118 valence electrons. The van der Waals surface area contributed by atoms with Crippen LogP contribution >= 0.6 is 11.3 Å². The summed E-state index contributed by atoms with van der Waals surface area (Å²) < 4.78 is 24.5. The SMILES string of the molecule is CS(=O)(=O)NCCc1ccc(C(=O)N2CCCCCC2)s1. The summed E-state index contributed by atoms with van der Waals surface area (Å²) in [6.45, 7) is 2.07. The summed E-state index contributed by atoms with van der Waals surface area (Å²) in [5.74, 6) is 0.115. The minimum Gasteiger partial charge on any atom is -0.338 e. The molecular weight excluding hydrogens is 308 g/mol. The maximum atomic E-state index is 12.4. The molecule has 2 rings (SSSR count). The third kappa shape index (κ3) is 5.41. The second-order valence-electron chi connectivity index (χ2n) is 5.39. The molecule has 1 N–H and O–H groups in total. The molecule has 0 radical (unpaired) electrons. The van der Waals surface area contributed by atoms with Gasteiger partial charge in [-0.3, -0.25) is 4.79 Å². The molecule has 7 heteroatoms. The van der Waals surface area contributed by atoms with Crippen molar-refractivity contribution in [3.63, 3.8) is 0 Å². The van der Waals surface area contributed by atoms with Gasteiger partial charge in [-0.25, -0.2) is 13.1 Å². The van der Waals surface area contributed by atoms with E-state index in [9.17, 15) is 13.2 Å². The number of carbonyl (C=O) groups is 1. The number of rotatable bonds is 5. The normalized spacial score (nSPS) is 16.7. The fraction of sp³-hybridized carbons (Fsp3) is 0.643. The van der Waals surface area contributed by atoms with Gasteiger partial charge in [-0.15, -0.1) is 11.3 Å². The molecule has 21 heavy (non-hydrogen) atoms. The Morgan fingerprint density at radius 1 is 1.24 bits per heavy atom. The van der Waals surface area contributed by atoms with Gasteiger partial charge in [0.15, 0.2) is 0 Å². The van der Waals surface area contributed by atoms with Crippen LogP contribution in [0.4, 0.5) is 0 Å². The predicted octanol–water partition coefficient (Wildman–Crippen LogP) is 1.86. The highest BCUT2D eigenvalue weighted by molar-refractivity contribution is 7.88. The van der Waals surface area contributed by atoms with Crippen molar-refractivity contribution in [2.24, 2.45) is 0 Å². The van der Waals surface area contributed by atoms with Gasteiger partial charge in [0.05, 0.1) is 11.1 Å². The highest BCUT2D eigenvalue weighted by Crippen LogP contribution is 2.20. The number of carbonyl (C=O) groups excluding carboxylic acids is 1. The Morgan fingerprint density at radius 3 is 2.52 bits per heavy atom. The van der Waals surface area contributed by atoms with Crippen LogP contribution in [0.25, 0.3) is 0 Å². The van der Waals surface area contributed by atoms with Crippen molar-refractivity contribution in [3.8, 4) is 0 Å². The third-order valence-corrected chi connectivity index (χ3v) is 5.36. The summed E-state index contributed by atoms with van der Waals surface area (Å²) in [7, 11) is -3.15. The Morgan fingerprint density at radius 2 is 1.90 bits per heavy atom. The lowest BCUT2D eigenvalue weighted by Crippen LogP contribution is -2.31. The van der Waals surface area contributed by atoms with Gasteiger partial charge in [0.1, 0.15) is 0 Å². The van der Waals surface area contributed by atoms with E-state index in [-0.39, 0.29) is 5.91 Å². The summed E-state index contributed by atoms with van der Waals surface area (Å²) >= 11 is 1.47. The van der Waals surface area contributed by atoms with Crippen LogP contribution in [0.15, 0.2) is 12.1 Å². The van der Waals surface area contributed by atoms with E-state index in [1.54, 1.807) is 0 Å². The zero-order valence-electron chi connectivity index (χ0n) is 12.3. The van der Waals surface area contributed by atoms with E-state index in [0.29, 0.717) is 13.0 Å². The number of amides is 1. The van der Waals surface area contributed by atoms with Crippen LogP contribution in [0.2, 0.25) is 0 Å². The average Bonchev–Trinajstić information content (AvgIpc) is 2.71. The van der Waals surface area contributed by atoms with E-state index in [4.69, 9.17) is 0 Å². The van der Waals surface area contributed by atoms with Crippen LogP contribution < -0.4 is 4.72 Å². The van der Waals surface area contributed by atoms with E-state index in [0.717, 1.165) is 41.9 Å². The van der Waals surface area contributed by atoms with Crippen LogP contribution in [-0.2, 0) is 16.4 Å². The number of hydrogen-bond acceptors (Lipinski definition) is 4. The first kappa shape index (κ1) is 16.5. The van der Waals surface area contributed by atoms with Crippen molar-refractivity contribution < 1.29 is 13.2 Å². The van der Waals surface area contributed by atoms with Crippen LogP contribution in [0.5, 0.6) is 0 Å². The number of nitrogens with zero attached hydrogens (tertiary/aromatic N) is 1. The van der Waals surface area contributed by atoms with Gasteiger partial charge in [-0.2, -0.15) is 0 Å². The smallest absolute Gasteiger partial charge is 0.263 e. The van der Waals surface area contributed by atoms with E-state index >= 15 is 0 Å². The molecule has 1 amide bonds. The lowest BCUT2D eigenvalue weighted by atomic mass is 10.2. The molecule has 1 aliphatic rings. The first-order valence-electron chi connectivity index (χ1n) is 7.28. The van der Waals surface area contributed by atoms with Crippen LogP contribution in [-0.4, -0.2) is 45.1 Å². The van der Waals surface area contributed by atoms with Gasteiger partial charge in [-0.05, 0) is 31.4 Å². The molecule has 1 aromatic rings. The number of thiophene rings is 1. The molecule has 1 aliphatic heterocycles. The predicted molar refractivity (Wildman–Crippen MR) is 85.2 cm³/mol. The first-order valence-corrected chi connectivity index (χ1v) is 9.99. The standard InChI is InChI=1S/C14H22N2O3S2/c1-21(18,19)15-9-8-12-6-7-13(20-12)14(17)16-10-4-2-3-5-11-16/h6-7,15H,2-5,8-11H2,1H3. The van der Waals surface area contributed by atoms with Gasteiger partial charge < -0.3 is 4.90 Å². The van der Waals surface area contributed by atoms with Gasteiger partial charge in [0.2, 0.25) is 10.0 Å². The van der Waals surface area contributed by atoms with Crippen LogP contribution in [0.1, 0.15) is 40.2 Å². The zero-order valence-corrected chi connectivity index (χ0v) is 13.9. The molecule has 0 saturated carbocycles. The lowest BCUT2D eigenvalue weighted by molar-refractivity contribution is 0.0766. The summed E-state index contributed by atoms with van der Waals surface area (Å²) in [6.07, 6.45) is 6.35. The number of nitrogens with one attached hydrogen (secondary N) is 1. The molecule has 2 heterocycles. The van der Waals surface area contributed by atoms with Crippen molar-refractivity contribution in [1.29, 1.82) is 0 Å².